The Morgan fingerprint density at radius 2 is 1.81 bits per heavy atom. The summed E-state index contributed by atoms with van der Waals surface area (Å²) >= 11 is 0. The summed E-state index contributed by atoms with van der Waals surface area (Å²) in [4.78, 5) is 0.281. The molecule has 1 fully saturated rings. The number of aromatic nitrogens is 2. The van der Waals surface area contributed by atoms with Crippen LogP contribution in [-0.4, -0.2) is 25.8 Å². The molecule has 21 heavy (non-hydrogen) atoms. The number of hydrogen-bond acceptors (Lipinski definition) is 4. The highest BCUT2D eigenvalue weighted by Crippen LogP contribution is 2.20. The molecule has 1 N–H and O–H groups in total. The van der Waals surface area contributed by atoms with E-state index in [-0.39, 0.29) is 10.4 Å². The van der Waals surface area contributed by atoms with E-state index in [0.717, 1.165) is 19.3 Å². The lowest BCUT2D eigenvalue weighted by atomic mass is 10.2. The Morgan fingerprint density at radius 3 is 2.38 bits per heavy atom. The van der Waals surface area contributed by atoms with Crippen molar-refractivity contribution in [1.29, 1.82) is 5.41 Å². The first-order valence-corrected chi connectivity index (χ1v) is 8.22. The molecule has 8 heteroatoms. The van der Waals surface area contributed by atoms with Crippen LogP contribution in [0.5, 0.6) is 0 Å². The van der Waals surface area contributed by atoms with E-state index < -0.39 is 10.0 Å². The van der Waals surface area contributed by atoms with Crippen molar-refractivity contribution in [2.24, 2.45) is 0 Å². The normalized spacial score (nSPS) is 17.0. The molecule has 1 aromatic carbocycles. The van der Waals surface area contributed by atoms with Crippen LogP contribution < -0.4 is 15.5 Å². The highest BCUT2D eigenvalue weighted by Gasteiger charge is 2.25. The predicted molar refractivity (Wildman–Crippen MR) is 72.0 cm³/mol. The maximum Gasteiger partial charge on any atom is 0.265 e. The lowest BCUT2D eigenvalue weighted by Gasteiger charge is -2.25. The van der Waals surface area contributed by atoms with E-state index in [9.17, 15) is 8.42 Å². The second kappa shape index (κ2) is 5.45. The Bertz CT molecular complexity index is 770. The van der Waals surface area contributed by atoms with E-state index in [1.807, 2.05) is 0 Å². The van der Waals surface area contributed by atoms with Crippen LogP contribution >= 0.6 is 0 Å². The second-order valence-corrected chi connectivity index (χ2v) is 6.91. The van der Waals surface area contributed by atoms with Crippen molar-refractivity contribution in [3.63, 3.8) is 0 Å². The first-order chi connectivity index (χ1) is 10.1. The fraction of sp³-hybridized carbons (Fsp3) is 0.385. The minimum Gasteiger partial charge on any atom is -0.487 e. The summed E-state index contributed by atoms with van der Waals surface area (Å²) in [6.45, 7) is 1.18. The van der Waals surface area contributed by atoms with Crippen LogP contribution in [0.15, 0.2) is 39.9 Å². The zero-order valence-corrected chi connectivity index (χ0v) is 12.2. The van der Waals surface area contributed by atoms with Crippen molar-refractivity contribution in [3.05, 3.63) is 36.0 Å². The van der Waals surface area contributed by atoms with Gasteiger partial charge in [0.15, 0.2) is 0 Å². The number of sulfonamides is 1. The Labute approximate surface area is 122 Å². The van der Waals surface area contributed by atoms with Gasteiger partial charge in [0.25, 0.3) is 5.55 Å². The molecule has 1 saturated heterocycles. The van der Waals surface area contributed by atoms with E-state index in [0.29, 0.717) is 18.8 Å². The smallest absolute Gasteiger partial charge is 0.265 e. The van der Waals surface area contributed by atoms with Gasteiger partial charge in [-0.15, -0.1) is 0 Å². The molecule has 0 aliphatic carbocycles. The van der Waals surface area contributed by atoms with Gasteiger partial charge in [0.2, 0.25) is 21.9 Å². The Balaban J connectivity index is 1.88. The average Bonchev–Trinajstić information content (AvgIpc) is 2.95. The molecule has 0 radical (unpaired) electrons. The van der Waals surface area contributed by atoms with Gasteiger partial charge in [-0.05, 0) is 25.0 Å². The topological polar surface area (TPSA) is 92.4 Å². The third kappa shape index (κ3) is 2.77. The van der Waals surface area contributed by atoms with E-state index in [1.165, 1.54) is 15.2 Å². The van der Waals surface area contributed by atoms with Crippen molar-refractivity contribution >= 4 is 10.0 Å². The van der Waals surface area contributed by atoms with Crippen LogP contribution in [0.2, 0.25) is 0 Å². The number of rotatable bonds is 3. The van der Waals surface area contributed by atoms with Crippen LogP contribution in [0.25, 0.3) is 5.69 Å². The predicted octanol–water partition coefficient (Wildman–Crippen LogP) is 0.168. The van der Waals surface area contributed by atoms with Crippen LogP contribution in [0, 0.1) is 5.41 Å². The third-order valence-electron chi connectivity index (χ3n) is 3.52. The quantitative estimate of drug-likeness (QED) is 0.818. The summed E-state index contributed by atoms with van der Waals surface area (Å²) in [7, 11) is -3.41. The average molecular weight is 308 g/mol. The fourth-order valence-corrected chi connectivity index (χ4v) is 3.91. The molecule has 7 nitrogen and oxygen atoms in total. The standard InChI is InChI=1S/C13H16N4O3S/c14-13-10-17(15-20-13)11-4-6-12(7-5-11)21(18,19)16-8-2-1-3-9-16/h4-7,10,14H,1-3,8-9H2. The Hall–Kier alpha value is -1.93. The molecule has 3 rings (SSSR count). The molecule has 0 spiro atoms. The summed E-state index contributed by atoms with van der Waals surface area (Å²) in [6.07, 6.45) is 4.33. The minimum atomic E-state index is -3.41. The van der Waals surface area contributed by atoms with Gasteiger partial charge in [0.05, 0.1) is 4.90 Å². The first-order valence-electron chi connectivity index (χ1n) is 6.78. The van der Waals surface area contributed by atoms with Gasteiger partial charge >= 0.3 is 0 Å². The van der Waals surface area contributed by atoms with Crippen LogP contribution in [0.3, 0.4) is 0 Å². The summed E-state index contributed by atoms with van der Waals surface area (Å²) < 4.78 is 32.6. The van der Waals surface area contributed by atoms with Crippen LogP contribution in [-0.2, 0) is 10.0 Å². The van der Waals surface area contributed by atoms with Crippen molar-refractivity contribution in [2.75, 3.05) is 13.1 Å². The maximum atomic E-state index is 12.5. The van der Waals surface area contributed by atoms with Crippen molar-refractivity contribution in [3.8, 4) is 5.69 Å². The van der Waals surface area contributed by atoms with Gasteiger partial charge in [-0.1, -0.05) is 6.42 Å². The lowest BCUT2D eigenvalue weighted by Crippen LogP contribution is -2.36. The Morgan fingerprint density at radius 1 is 1.14 bits per heavy atom. The summed E-state index contributed by atoms with van der Waals surface area (Å²) in [5, 5.41) is 10.9. The molecule has 2 heterocycles. The van der Waals surface area contributed by atoms with Gasteiger partial charge < -0.3 is 4.52 Å². The molecular weight excluding hydrogens is 292 g/mol. The van der Waals surface area contributed by atoms with E-state index in [1.54, 1.807) is 24.3 Å². The van der Waals surface area contributed by atoms with Crippen molar-refractivity contribution in [1.82, 2.24) is 9.58 Å². The van der Waals surface area contributed by atoms with E-state index >= 15 is 0 Å². The minimum absolute atomic E-state index is 0.0555. The Kier molecular flexibility index (Phi) is 3.64. The number of hydrogen-bond donors (Lipinski definition) is 1. The van der Waals surface area contributed by atoms with E-state index in [4.69, 9.17) is 5.41 Å². The number of piperidine rings is 1. The first kappa shape index (κ1) is 14.0. The molecule has 0 saturated carbocycles. The summed E-state index contributed by atoms with van der Waals surface area (Å²) in [6, 6.07) is 6.42. The molecule has 1 aliphatic heterocycles. The molecule has 112 valence electrons. The number of nitrogens with zero attached hydrogens (tertiary/aromatic N) is 3. The largest absolute Gasteiger partial charge is 0.487 e. The molecule has 0 unspecified atom stereocenters. The fourth-order valence-electron chi connectivity index (χ4n) is 2.39. The second-order valence-electron chi connectivity index (χ2n) is 4.97. The number of nitrogens with one attached hydrogen (secondary N) is 1. The van der Waals surface area contributed by atoms with E-state index in [2.05, 4.69) is 9.79 Å². The molecular formula is C13H16N4O3S. The highest BCUT2D eigenvalue weighted by molar-refractivity contribution is 7.89. The molecule has 1 aliphatic rings. The van der Waals surface area contributed by atoms with Crippen LogP contribution in [0.1, 0.15) is 19.3 Å². The zero-order chi connectivity index (χ0) is 14.9. The van der Waals surface area contributed by atoms with Crippen LogP contribution in [0.4, 0.5) is 0 Å². The highest BCUT2D eigenvalue weighted by atomic mass is 32.2. The monoisotopic (exact) mass is 308 g/mol. The van der Waals surface area contributed by atoms with Gasteiger partial charge in [0, 0.05) is 25.2 Å². The third-order valence-corrected chi connectivity index (χ3v) is 5.43. The summed E-state index contributed by atoms with van der Waals surface area (Å²) in [5.74, 6) is 0. The SMILES string of the molecule is N=c1c[n+](-c2ccc(S(=O)(=O)N3CCCCC3)cc2)[n-]o1. The van der Waals surface area contributed by atoms with Gasteiger partial charge in [-0.25, -0.2) is 13.1 Å². The van der Waals surface area contributed by atoms with Crippen molar-refractivity contribution in [2.45, 2.75) is 24.2 Å². The maximum absolute atomic E-state index is 12.5. The zero-order valence-electron chi connectivity index (χ0n) is 11.4. The van der Waals surface area contributed by atoms with Crippen molar-refractivity contribution < 1.29 is 17.6 Å². The van der Waals surface area contributed by atoms with Gasteiger partial charge in [-0.2, -0.15) is 4.31 Å². The molecule has 1 aromatic heterocycles. The van der Waals surface area contributed by atoms with Gasteiger partial charge in [-0.3, -0.25) is 10.7 Å². The molecule has 0 bridgehead atoms. The lowest BCUT2D eigenvalue weighted by molar-refractivity contribution is -0.676. The van der Waals surface area contributed by atoms with Gasteiger partial charge in [0.1, 0.15) is 0 Å². The summed E-state index contributed by atoms with van der Waals surface area (Å²) in [5.41, 5.74) is 0.592. The molecule has 0 amide bonds. The number of benzene rings is 1. The molecule has 2 aromatic rings. The molecule has 0 atom stereocenters.